The first kappa shape index (κ1) is 16.3. The summed E-state index contributed by atoms with van der Waals surface area (Å²) in [5, 5.41) is 6.00. The van der Waals surface area contributed by atoms with Crippen LogP contribution in [-0.4, -0.2) is 37.9 Å². The van der Waals surface area contributed by atoms with Gasteiger partial charge in [-0.05, 0) is 25.0 Å². The molecule has 0 bridgehead atoms. The molecule has 6 heteroatoms. The van der Waals surface area contributed by atoms with Gasteiger partial charge in [-0.25, -0.2) is 4.79 Å². The van der Waals surface area contributed by atoms with Crippen molar-refractivity contribution in [3.8, 4) is 0 Å². The number of hydrogen-bond acceptors (Lipinski definition) is 4. The Bertz CT molecular complexity index is 515. The second kappa shape index (κ2) is 6.93. The van der Waals surface area contributed by atoms with E-state index < -0.39 is 0 Å². The van der Waals surface area contributed by atoms with Crippen LogP contribution in [0.25, 0.3) is 0 Å². The fourth-order valence-electron chi connectivity index (χ4n) is 3.75. The fraction of sp³-hybridized carbons (Fsp3) is 0.706. The van der Waals surface area contributed by atoms with Crippen LogP contribution in [0.5, 0.6) is 0 Å². The van der Waals surface area contributed by atoms with Crippen molar-refractivity contribution in [3.63, 3.8) is 0 Å². The first-order valence-electron chi connectivity index (χ1n) is 8.35. The summed E-state index contributed by atoms with van der Waals surface area (Å²) in [6, 6.07) is 3.82. The van der Waals surface area contributed by atoms with Gasteiger partial charge in [-0.15, -0.1) is 0 Å². The van der Waals surface area contributed by atoms with Crippen LogP contribution in [0.15, 0.2) is 22.8 Å². The molecule has 2 amide bonds. The second-order valence-corrected chi connectivity index (χ2v) is 6.93. The molecule has 1 aromatic heterocycles. The summed E-state index contributed by atoms with van der Waals surface area (Å²) in [5.41, 5.74) is 0.0185. The average molecular weight is 322 g/mol. The minimum Gasteiger partial charge on any atom is -0.467 e. The van der Waals surface area contributed by atoms with Crippen LogP contribution in [0.2, 0.25) is 0 Å². The molecule has 23 heavy (non-hydrogen) atoms. The van der Waals surface area contributed by atoms with E-state index in [9.17, 15) is 4.79 Å². The Morgan fingerprint density at radius 1 is 1.48 bits per heavy atom. The first-order chi connectivity index (χ1) is 11.1. The Balaban J connectivity index is 1.28. The number of carbonyl (C=O) groups excluding carboxylic acids is 1. The van der Waals surface area contributed by atoms with Gasteiger partial charge in [0.05, 0.1) is 12.4 Å². The molecule has 3 rings (SSSR count). The van der Waals surface area contributed by atoms with Crippen LogP contribution in [0.4, 0.5) is 4.79 Å². The van der Waals surface area contributed by atoms with Gasteiger partial charge in [0, 0.05) is 37.1 Å². The Kier molecular flexibility index (Phi) is 4.92. The Morgan fingerprint density at radius 3 is 3.13 bits per heavy atom. The molecule has 3 atom stereocenters. The van der Waals surface area contributed by atoms with Crippen molar-refractivity contribution in [3.05, 3.63) is 24.2 Å². The monoisotopic (exact) mass is 322 g/mol. The Labute approximate surface area is 136 Å². The normalized spacial score (nSPS) is 28.0. The molecule has 1 aliphatic carbocycles. The summed E-state index contributed by atoms with van der Waals surface area (Å²) < 4.78 is 16.4. The number of nitrogens with one attached hydrogen (secondary N) is 2. The minimum absolute atomic E-state index is 0.0185. The topological polar surface area (TPSA) is 72.7 Å². The van der Waals surface area contributed by atoms with Crippen LogP contribution in [0, 0.1) is 11.3 Å². The number of hydrogen-bond donors (Lipinski definition) is 2. The summed E-state index contributed by atoms with van der Waals surface area (Å²) in [4.78, 5) is 12.0. The molecule has 3 unspecified atom stereocenters. The van der Waals surface area contributed by atoms with Gasteiger partial charge in [0.15, 0.2) is 0 Å². The van der Waals surface area contributed by atoms with Crippen LogP contribution in [0.3, 0.4) is 0 Å². The van der Waals surface area contributed by atoms with E-state index in [4.69, 9.17) is 13.9 Å². The van der Waals surface area contributed by atoms with Crippen molar-refractivity contribution in [2.75, 3.05) is 19.8 Å². The number of ether oxygens (including phenoxy) is 2. The molecule has 2 fully saturated rings. The van der Waals surface area contributed by atoms with Crippen molar-refractivity contribution in [1.82, 2.24) is 10.6 Å². The van der Waals surface area contributed by atoms with Crippen LogP contribution in [-0.2, 0) is 16.1 Å². The van der Waals surface area contributed by atoms with Gasteiger partial charge in [0.1, 0.15) is 12.4 Å². The van der Waals surface area contributed by atoms with Crippen molar-refractivity contribution in [1.29, 1.82) is 0 Å². The van der Waals surface area contributed by atoms with Gasteiger partial charge >= 0.3 is 6.03 Å². The van der Waals surface area contributed by atoms with Crippen molar-refractivity contribution >= 4 is 6.03 Å². The summed E-state index contributed by atoms with van der Waals surface area (Å²) >= 11 is 0. The summed E-state index contributed by atoms with van der Waals surface area (Å²) in [6.07, 6.45) is 3.74. The molecular formula is C17H26N2O4. The van der Waals surface area contributed by atoms with E-state index in [1.165, 1.54) is 0 Å². The predicted octanol–water partition coefficient (Wildman–Crippen LogP) is 2.30. The second-order valence-electron chi connectivity index (χ2n) is 6.93. The predicted molar refractivity (Wildman–Crippen MR) is 84.9 cm³/mol. The summed E-state index contributed by atoms with van der Waals surface area (Å²) in [6.45, 7) is 6.79. The van der Waals surface area contributed by atoms with Crippen LogP contribution < -0.4 is 10.6 Å². The molecular weight excluding hydrogens is 296 g/mol. The third kappa shape index (κ3) is 3.53. The average Bonchev–Trinajstić information content (AvgIpc) is 3.18. The molecule has 2 aliphatic rings. The maximum atomic E-state index is 12.0. The highest BCUT2D eigenvalue weighted by Gasteiger charge is 2.59. The van der Waals surface area contributed by atoms with E-state index in [2.05, 4.69) is 24.5 Å². The number of amides is 2. The lowest BCUT2D eigenvalue weighted by Crippen LogP contribution is -2.67. The van der Waals surface area contributed by atoms with Crippen molar-refractivity contribution < 1.29 is 18.7 Å². The molecule has 1 aromatic rings. The third-order valence-corrected chi connectivity index (χ3v) is 4.96. The van der Waals surface area contributed by atoms with E-state index in [1.54, 1.807) is 6.26 Å². The van der Waals surface area contributed by atoms with E-state index in [0.717, 1.165) is 25.2 Å². The van der Waals surface area contributed by atoms with Gasteiger partial charge in [-0.1, -0.05) is 13.8 Å². The zero-order valence-corrected chi connectivity index (χ0v) is 13.8. The van der Waals surface area contributed by atoms with Crippen LogP contribution in [0.1, 0.15) is 32.4 Å². The van der Waals surface area contributed by atoms with Gasteiger partial charge in [0.25, 0.3) is 0 Å². The molecule has 128 valence electrons. The highest BCUT2D eigenvalue weighted by molar-refractivity contribution is 5.74. The van der Waals surface area contributed by atoms with Crippen LogP contribution >= 0.6 is 0 Å². The molecule has 0 spiro atoms. The quantitative estimate of drug-likeness (QED) is 0.756. The highest BCUT2D eigenvalue weighted by Crippen LogP contribution is 2.51. The van der Waals surface area contributed by atoms with E-state index in [-0.39, 0.29) is 17.5 Å². The molecule has 0 radical (unpaired) electrons. The van der Waals surface area contributed by atoms with Crippen molar-refractivity contribution in [2.45, 2.75) is 45.4 Å². The van der Waals surface area contributed by atoms with Gasteiger partial charge in [-0.3, -0.25) is 0 Å². The highest BCUT2D eigenvalue weighted by atomic mass is 16.5. The number of carbonyl (C=O) groups is 1. The lowest BCUT2D eigenvalue weighted by molar-refractivity contribution is -0.108. The maximum absolute atomic E-state index is 12.0. The Hall–Kier alpha value is -1.53. The van der Waals surface area contributed by atoms with Crippen molar-refractivity contribution in [2.24, 2.45) is 11.3 Å². The SMILES string of the molecule is CC1(C)C(NC(=O)NCCCOCc2ccco2)C2CCOC21. The maximum Gasteiger partial charge on any atom is 0.315 e. The number of rotatable bonds is 7. The molecule has 1 aliphatic heterocycles. The third-order valence-electron chi connectivity index (χ3n) is 4.96. The minimum atomic E-state index is -0.0977. The molecule has 2 N–H and O–H groups in total. The number of furan rings is 1. The van der Waals surface area contributed by atoms with Gasteiger partial charge in [0.2, 0.25) is 0 Å². The Morgan fingerprint density at radius 2 is 2.35 bits per heavy atom. The largest absolute Gasteiger partial charge is 0.467 e. The molecule has 1 saturated heterocycles. The first-order valence-corrected chi connectivity index (χ1v) is 8.35. The zero-order chi connectivity index (χ0) is 16.3. The molecule has 1 saturated carbocycles. The van der Waals surface area contributed by atoms with E-state index in [0.29, 0.717) is 31.8 Å². The standard InChI is InChI=1S/C17H26N2O4/c1-17(2)14(13-6-10-23-15(13)17)19-16(20)18-7-4-8-21-11-12-5-3-9-22-12/h3,5,9,13-15H,4,6-8,10-11H2,1-2H3,(H2,18,19,20). The lowest BCUT2D eigenvalue weighted by Gasteiger charge is -2.54. The fourth-order valence-corrected chi connectivity index (χ4v) is 3.75. The lowest BCUT2D eigenvalue weighted by atomic mass is 9.57. The van der Waals surface area contributed by atoms with Gasteiger partial charge < -0.3 is 24.5 Å². The smallest absolute Gasteiger partial charge is 0.315 e. The zero-order valence-electron chi connectivity index (χ0n) is 13.8. The number of fused-ring (bicyclic) bond motifs is 1. The number of urea groups is 1. The summed E-state index contributed by atoms with van der Waals surface area (Å²) in [5.74, 6) is 1.28. The van der Waals surface area contributed by atoms with E-state index >= 15 is 0 Å². The molecule has 2 heterocycles. The molecule has 6 nitrogen and oxygen atoms in total. The van der Waals surface area contributed by atoms with E-state index in [1.807, 2.05) is 12.1 Å². The van der Waals surface area contributed by atoms with Gasteiger partial charge in [-0.2, -0.15) is 0 Å². The molecule has 0 aromatic carbocycles. The summed E-state index contributed by atoms with van der Waals surface area (Å²) in [7, 11) is 0.